The lowest BCUT2D eigenvalue weighted by Crippen LogP contribution is -2.06. The predicted molar refractivity (Wildman–Crippen MR) is 49.5 cm³/mol. The number of rotatable bonds is 3. The first-order chi connectivity index (χ1) is 6.24. The minimum absolute atomic E-state index is 0.208. The van der Waals surface area contributed by atoms with Crippen LogP contribution in [0.4, 0.5) is 0 Å². The third kappa shape index (κ3) is 2.59. The number of benzene rings is 1. The van der Waals surface area contributed by atoms with E-state index in [0.29, 0.717) is 12.1 Å². The van der Waals surface area contributed by atoms with Gasteiger partial charge in [-0.15, -0.1) is 0 Å². The van der Waals surface area contributed by atoms with Crippen molar-refractivity contribution in [3.05, 3.63) is 29.8 Å². The van der Waals surface area contributed by atoms with Gasteiger partial charge >= 0.3 is 0 Å². The monoisotopic (exact) mass is 178 g/mol. The molecule has 4 nitrogen and oxygen atoms in total. The van der Waals surface area contributed by atoms with Crippen molar-refractivity contribution in [1.82, 2.24) is 5.43 Å². The summed E-state index contributed by atoms with van der Waals surface area (Å²) in [6.45, 7) is 1.77. The summed E-state index contributed by atoms with van der Waals surface area (Å²) < 4.78 is 0. The highest BCUT2D eigenvalue weighted by Crippen LogP contribution is 2.09. The Morgan fingerprint density at radius 2 is 2.08 bits per heavy atom. The topological polar surface area (TPSA) is 61.7 Å². The molecule has 0 aliphatic rings. The van der Waals surface area contributed by atoms with E-state index < -0.39 is 0 Å². The second kappa shape index (κ2) is 4.25. The van der Waals surface area contributed by atoms with E-state index in [4.69, 9.17) is 5.11 Å². The van der Waals surface area contributed by atoms with Gasteiger partial charge in [-0.1, -0.05) is 0 Å². The van der Waals surface area contributed by atoms with Gasteiger partial charge < -0.3 is 5.11 Å². The van der Waals surface area contributed by atoms with Crippen molar-refractivity contribution in [3.63, 3.8) is 0 Å². The number of hydrogen-bond donors (Lipinski definition) is 2. The van der Waals surface area contributed by atoms with Crippen molar-refractivity contribution < 1.29 is 9.90 Å². The smallest absolute Gasteiger partial charge is 0.227 e. The molecule has 1 aromatic carbocycles. The Morgan fingerprint density at radius 1 is 1.46 bits per heavy atom. The van der Waals surface area contributed by atoms with Crippen LogP contribution in [0.25, 0.3) is 0 Å². The molecule has 2 N–H and O–H groups in total. The summed E-state index contributed by atoms with van der Waals surface area (Å²) >= 11 is 0. The highest BCUT2D eigenvalue weighted by atomic mass is 16.3. The first-order valence-corrected chi connectivity index (χ1v) is 3.77. The number of nitrogens with one attached hydrogen (secondary N) is 1. The van der Waals surface area contributed by atoms with Crippen molar-refractivity contribution >= 4 is 12.1 Å². The standard InChI is InChI=1S/C9H10N2O2/c1-7(11-10-6-12)8-2-4-9(13)5-3-8/h2-6,13H,1H3,(H,10,12)/b11-7-. The Bertz CT molecular complexity index is 317. The van der Waals surface area contributed by atoms with Crippen LogP contribution in [0, 0.1) is 0 Å². The number of phenolic OH excluding ortho intramolecular Hbond substituents is 1. The third-order valence-electron chi connectivity index (χ3n) is 1.57. The molecule has 0 saturated carbocycles. The van der Waals surface area contributed by atoms with Crippen molar-refractivity contribution in [3.8, 4) is 5.75 Å². The van der Waals surface area contributed by atoms with Crippen molar-refractivity contribution in [1.29, 1.82) is 0 Å². The molecule has 4 heteroatoms. The first-order valence-electron chi connectivity index (χ1n) is 3.77. The van der Waals surface area contributed by atoms with Crippen LogP contribution < -0.4 is 5.43 Å². The maximum atomic E-state index is 9.94. The SMILES string of the molecule is C/C(=N/NC=O)c1ccc(O)cc1. The number of amides is 1. The first kappa shape index (κ1) is 9.25. The molecule has 1 aromatic rings. The van der Waals surface area contributed by atoms with Crippen LogP contribution in [0.15, 0.2) is 29.4 Å². The number of nitrogens with zero attached hydrogens (tertiary/aromatic N) is 1. The van der Waals surface area contributed by atoms with Gasteiger partial charge in [0.15, 0.2) is 0 Å². The van der Waals surface area contributed by atoms with Gasteiger partial charge in [0.2, 0.25) is 6.41 Å². The molecule has 0 saturated heterocycles. The normalized spacial score (nSPS) is 11.0. The van der Waals surface area contributed by atoms with Crippen LogP contribution in [-0.2, 0) is 4.79 Å². The zero-order valence-corrected chi connectivity index (χ0v) is 7.19. The second-order valence-electron chi connectivity index (χ2n) is 2.49. The number of hydrazone groups is 1. The zero-order chi connectivity index (χ0) is 9.68. The van der Waals surface area contributed by atoms with Crippen LogP contribution in [0.1, 0.15) is 12.5 Å². The Labute approximate surface area is 75.9 Å². The molecule has 0 heterocycles. The van der Waals surface area contributed by atoms with Crippen molar-refractivity contribution in [2.45, 2.75) is 6.92 Å². The molecule has 0 aliphatic carbocycles. The fourth-order valence-electron chi connectivity index (χ4n) is 0.890. The van der Waals surface area contributed by atoms with Gasteiger partial charge in [0.1, 0.15) is 5.75 Å². The van der Waals surface area contributed by atoms with Crippen LogP contribution in [0.5, 0.6) is 5.75 Å². The molecule has 0 spiro atoms. The molecular weight excluding hydrogens is 168 g/mol. The molecule has 0 atom stereocenters. The molecule has 1 rings (SSSR count). The van der Waals surface area contributed by atoms with Gasteiger partial charge in [-0.2, -0.15) is 5.10 Å². The van der Waals surface area contributed by atoms with E-state index in [2.05, 4.69) is 10.5 Å². The fraction of sp³-hybridized carbons (Fsp3) is 0.111. The average Bonchev–Trinajstić information content (AvgIpc) is 2.15. The van der Waals surface area contributed by atoms with Gasteiger partial charge in [-0.05, 0) is 36.8 Å². The molecule has 0 radical (unpaired) electrons. The number of phenols is 1. The number of carbonyl (C=O) groups excluding carboxylic acids is 1. The Balaban J connectivity index is 2.82. The average molecular weight is 178 g/mol. The molecule has 0 aliphatic heterocycles. The van der Waals surface area contributed by atoms with E-state index >= 15 is 0 Å². The van der Waals surface area contributed by atoms with E-state index in [1.165, 1.54) is 0 Å². The minimum atomic E-state index is 0.208. The van der Waals surface area contributed by atoms with E-state index in [1.54, 1.807) is 31.2 Å². The molecule has 13 heavy (non-hydrogen) atoms. The molecule has 0 unspecified atom stereocenters. The highest BCUT2D eigenvalue weighted by Gasteiger charge is 1.96. The summed E-state index contributed by atoms with van der Waals surface area (Å²) in [6.07, 6.45) is 0.504. The van der Waals surface area contributed by atoms with Gasteiger partial charge in [0, 0.05) is 0 Å². The summed E-state index contributed by atoms with van der Waals surface area (Å²) in [4.78, 5) is 9.94. The Hall–Kier alpha value is -1.84. The summed E-state index contributed by atoms with van der Waals surface area (Å²) in [7, 11) is 0. The van der Waals surface area contributed by atoms with Crippen LogP contribution in [0.2, 0.25) is 0 Å². The molecule has 1 amide bonds. The molecule has 0 aromatic heterocycles. The second-order valence-corrected chi connectivity index (χ2v) is 2.49. The lowest BCUT2D eigenvalue weighted by molar-refractivity contribution is -0.109. The summed E-state index contributed by atoms with van der Waals surface area (Å²) in [5.74, 6) is 0.208. The van der Waals surface area contributed by atoms with Crippen LogP contribution >= 0.6 is 0 Å². The Morgan fingerprint density at radius 3 is 2.62 bits per heavy atom. The third-order valence-corrected chi connectivity index (χ3v) is 1.57. The maximum absolute atomic E-state index is 9.94. The maximum Gasteiger partial charge on any atom is 0.227 e. The molecule has 0 bridgehead atoms. The minimum Gasteiger partial charge on any atom is -0.508 e. The van der Waals surface area contributed by atoms with Crippen molar-refractivity contribution in [2.24, 2.45) is 5.10 Å². The number of hydrogen-bond acceptors (Lipinski definition) is 3. The van der Waals surface area contributed by atoms with E-state index in [9.17, 15) is 4.79 Å². The zero-order valence-electron chi connectivity index (χ0n) is 7.19. The number of aromatic hydroxyl groups is 1. The van der Waals surface area contributed by atoms with Gasteiger partial charge in [0.05, 0.1) is 5.71 Å². The van der Waals surface area contributed by atoms with E-state index in [-0.39, 0.29) is 5.75 Å². The highest BCUT2D eigenvalue weighted by molar-refractivity contribution is 5.98. The predicted octanol–water partition coefficient (Wildman–Crippen LogP) is 0.862. The van der Waals surface area contributed by atoms with Gasteiger partial charge in [0.25, 0.3) is 0 Å². The fourth-order valence-corrected chi connectivity index (χ4v) is 0.890. The van der Waals surface area contributed by atoms with E-state index in [0.717, 1.165) is 5.56 Å². The summed E-state index contributed by atoms with van der Waals surface area (Å²) in [5, 5.41) is 12.8. The molecule has 68 valence electrons. The van der Waals surface area contributed by atoms with E-state index in [1.807, 2.05) is 0 Å². The molecule has 0 fully saturated rings. The van der Waals surface area contributed by atoms with Crippen LogP contribution in [0.3, 0.4) is 0 Å². The van der Waals surface area contributed by atoms with Crippen LogP contribution in [-0.4, -0.2) is 17.2 Å². The largest absolute Gasteiger partial charge is 0.508 e. The number of carbonyl (C=O) groups is 1. The lowest BCUT2D eigenvalue weighted by atomic mass is 10.1. The molecular formula is C9H10N2O2. The Kier molecular flexibility index (Phi) is 3.03. The van der Waals surface area contributed by atoms with Gasteiger partial charge in [-0.25, -0.2) is 5.43 Å². The lowest BCUT2D eigenvalue weighted by Gasteiger charge is -1.99. The van der Waals surface area contributed by atoms with Gasteiger partial charge in [-0.3, -0.25) is 4.79 Å². The summed E-state index contributed by atoms with van der Waals surface area (Å²) in [5.41, 5.74) is 3.75. The van der Waals surface area contributed by atoms with Crippen molar-refractivity contribution in [2.75, 3.05) is 0 Å². The summed E-state index contributed by atoms with van der Waals surface area (Å²) in [6, 6.07) is 6.58. The quantitative estimate of drug-likeness (QED) is 0.409.